The Morgan fingerprint density at radius 1 is 1.30 bits per heavy atom. The number of ether oxygens (including phenoxy) is 1. The predicted octanol–water partition coefficient (Wildman–Crippen LogP) is 3.26. The predicted molar refractivity (Wildman–Crippen MR) is 76.3 cm³/mol. The second-order valence-electron chi connectivity index (χ2n) is 6.79. The summed E-state index contributed by atoms with van der Waals surface area (Å²) < 4.78 is 5.54. The SMILES string of the molecule is CC(C)(O)c1cccc(OC(=O)C2CC3CCC2C3)c1. The van der Waals surface area contributed by atoms with Crippen molar-refractivity contribution in [3.05, 3.63) is 29.8 Å². The minimum Gasteiger partial charge on any atom is -0.426 e. The highest BCUT2D eigenvalue weighted by Crippen LogP contribution is 2.48. The fourth-order valence-corrected chi connectivity index (χ4v) is 3.67. The average molecular weight is 274 g/mol. The van der Waals surface area contributed by atoms with Crippen LogP contribution in [0.4, 0.5) is 0 Å². The first kappa shape index (κ1) is 13.6. The number of benzene rings is 1. The van der Waals surface area contributed by atoms with Crippen molar-refractivity contribution in [3.8, 4) is 5.75 Å². The van der Waals surface area contributed by atoms with Gasteiger partial charge in [-0.25, -0.2) is 0 Å². The second kappa shape index (κ2) is 4.88. The highest BCUT2D eigenvalue weighted by molar-refractivity contribution is 5.76. The highest BCUT2D eigenvalue weighted by atomic mass is 16.5. The van der Waals surface area contributed by atoms with Crippen molar-refractivity contribution in [2.24, 2.45) is 17.8 Å². The van der Waals surface area contributed by atoms with E-state index in [1.165, 1.54) is 19.3 Å². The van der Waals surface area contributed by atoms with Gasteiger partial charge >= 0.3 is 5.97 Å². The van der Waals surface area contributed by atoms with Gasteiger partial charge in [0.15, 0.2) is 0 Å². The van der Waals surface area contributed by atoms with Crippen LogP contribution in [0.25, 0.3) is 0 Å². The van der Waals surface area contributed by atoms with E-state index >= 15 is 0 Å². The summed E-state index contributed by atoms with van der Waals surface area (Å²) in [5.74, 6) is 1.80. The van der Waals surface area contributed by atoms with Crippen LogP contribution in [-0.4, -0.2) is 11.1 Å². The van der Waals surface area contributed by atoms with Crippen LogP contribution in [-0.2, 0) is 10.4 Å². The largest absolute Gasteiger partial charge is 0.426 e. The summed E-state index contributed by atoms with van der Waals surface area (Å²) in [7, 11) is 0. The first-order valence-corrected chi connectivity index (χ1v) is 7.48. The van der Waals surface area contributed by atoms with Crippen molar-refractivity contribution >= 4 is 5.97 Å². The molecule has 3 atom stereocenters. The smallest absolute Gasteiger partial charge is 0.314 e. The third-order valence-corrected chi connectivity index (χ3v) is 4.80. The number of carbonyl (C=O) groups is 1. The van der Waals surface area contributed by atoms with Crippen molar-refractivity contribution in [2.45, 2.75) is 45.1 Å². The van der Waals surface area contributed by atoms with Crippen LogP contribution in [0.1, 0.15) is 45.1 Å². The maximum atomic E-state index is 12.3. The van der Waals surface area contributed by atoms with E-state index in [0.717, 1.165) is 17.9 Å². The number of hydrogen-bond acceptors (Lipinski definition) is 3. The van der Waals surface area contributed by atoms with Gasteiger partial charge in [-0.05, 0) is 62.6 Å². The summed E-state index contributed by atoms with van der Waals surface area (Å²) in [5.41, 5.74) is -0.162. The maximum Gasteiger partial charge on any atom is 0.314 e. The molecule has 3 heteroatoms. The Labute approximate surface area is 120 Å². The Hall–Kier alpha value is -1.35. The molecule has 108 valence electrons. The molecule has 2 aliphatic rings. The molecule has 1 N–H and O–H groups in total. The molecule has 2 saturated carbocycles. The summed E-state index contributed by atoms with van der Waals surface area (Å²) in [4.78, 5) is 12.3. The van der Waals surface area contributed by atoms with Crippen LogP contribution >= 0.6 is 0 Å². The van der Waals surface area contributed by atoms with Crippen molar-refractivity contribution < 1.29 is 14.6 Å². The molecule has 0 spiro atoms. The molecule has 1 aromatic carbocycles. The van der Waals surface area contributed by atoms with E-state index in [2.05, 4.69) is 0 Å². The van der Waals surface area contributed by atoms with Gasteiger partial charge in [-0.3, -0.25) is 4.79 Å². The number of rotatable bonds is 3. The fourth-order valence-electron chi connectivity index (χ4n) is 3.67. The second-order valence-corrected chi connectivity index (χ2v) is 6.79. The van der Waals surface area contributed by atoms with Gasteiger partial charge in [0.1, 0.15) is 5.75 Å². The lowest BCUT2D eigenvalue weighted by atomic mass is 9.89. The molecular formula is C17H22O3. The standard InChI is InChI=1S/C17H22O3/c1-17(2,19)13-4-3-5-14(10-13)20-16(18)15-9-11-6-7-12(15)8-11/h3-5,10-12,15,19H,6-9H2,1-2H3. The molecule has 0 radical (unpaired) electrons. The number of aliphatic hydroxyl groups is 1. The molecule has 2 aliphatic carbocycles. The van der Waals surface area contributed by atoms with Gasteiger partial charge in [-0.2, -0.15) is 0 Å². The van der Waals surface area contributed by atoms with Gasteiger partial charge < -0.3 is 9.84 Å². The van der Waals surface area contributed by atoms with Crippen molar-refractivity contribution in [2.75, 3.05) is 0 Å². The molecule has 0 amide bonds. The van der Waals surface area contributed by atoms with E-state index in [9.17, 15) is 9.90 Å². The Kier molecular flexibility index (Phi) is 3.33. The molecule has 3 rings (SSSR count). The lowest BCUT2D eigenvalue weighted by Crippen LogP contribution is -2.25. The zero-order valence-electron chi connectivity index (χ0n) is 12.1. The normalized spacial score (nSPS) is 28.6. The van der Waals surface area contributed by atoms with E-state index in [1.807, 2.05) is 12.1 Å². The molecule has 2 bridgehead atoms. The topological polar surface area (TPSA) is 46.5 Å². The molecule has 3 nitrogen and oxygen atoms in total. The Morgan fingerprint density at radius 2 is 2.10 bits per heavy atom. The first-order chi connectivity index (χ1) is 9.43. The fraction of sp³-hybridized carbons (Fsp3) is 0.588. The summed E-state index contributed by atoms with van der Waals surface area (Å²) in [6.07, 6.45) is 4.65. The van der Waals surface area contributed by atoms with Crippen LogP contribution in [0.3, 0.4) is 0 Å². The molecule has 0 aliphatic heterocycles. The monoisotopic (exact) mass is 274 g/mol. The van der Waals surface area contributed by atoms with Crippen LogP contribution in [0.5, 0.6) is 5.75 Å². The quantitative estimate of drug-likeness (QED) is 0.680. The summed E-state index contributed by atoms with van der Waals surface area (Å²) >= 11 is 0. The molecule has 0 aromatic heterocycles. The van der Waals surface area contributed by atoms with Crippen molar-refractivity contribution in [1.29, 1.82) is 0 Å². The number of fused-ring (bicyclic) bond motifs is 2. The van der Waals surface area contributed by atoms with Gasteiger partial charge in [0, 0.05) is 0 Å². The van der Waals surface area contributed by atoms with E-state index in [-0.39, 0.29) is 11.9 Å². The number of esters is 1. The van der Waals surface area contributed by atoms with E-state index in [0.29, 0.717) is 11.7 Å². The van der Waals surface area contributed by atoms with Gasteiger partial charge in [-0.15, -0.1) is 0 Å². The average Bonchev–Trinajstić information content (AvgIpc) is 3.00. The molecule has 3 unspecified atom stereocenters. The third-order valence-electron chi connectivity index (χ3n) is 4.80. The summed E-state index contributed by atoms with van der Waals surface area (Å²) in [6.45, 7) is 3.45. The Morgan fingerprint density at radius 3 is 2.70 bits per heavy atom. The van der Waals surface area contributed by atoms with Crippen molar-refractivity contribution in [3.63, 3.8) is 0 Å². The van der Waals surface area contributed by atoms with Crippen LogP contribution in [0.15, 0.2) is 24.3 Å². The van der Waals surface area contributed by atoms with Crippen LogP contribution in [0.2, 0.25) is 0 Å². The molecule has 0 saturated heterocycles. The molecule has 2 fully saturated rings. The lowest BCUT2D eigenvalue weighted by molar-refractivity contribution is -0.140. The zero-order valence-corrected chi connectivity index (χ0v) is 12.1. The molecular weight excluding hydrogens is 252 g/mol. The summed E-state index contributed by atoms with van der Waals surface area (Å²) in [5, 5.41) is 10.0. The van der Waals surface area contributed by atoms with Crippen molar-refractivity contribution in [1.82, 2.24) is 0 Å². The van der Waals surface area contributed by atoms with E-state index in [1.54, 1.807) is 26.0 Å². The molecule has 20 heavy (non-hydrogen) atoms. The van der Waals surface area contributed by atoms with Gasteiger partial charge in [0.25, 0.3) is 0 Å². The highest BCUT2D eigenvalue weighted by Gasteiger charge is 2.44. The zero-order chi connectivity index (χ0) is 14.3. The Balaban J connectivity index is 1.70. The van der Waals surface area contributed by atoms with E-state index in [4.69, 9.17) is 4.74 Å². The van der Waals surface area contributed by atoms with Gasteiger partial charge in [0.2, 0.25) is 0 Å². The molecule has 0 heterocycles. The Bertz CT molecular complexity index is 515. The van der Waals surface area contributed by atoms with E-state index < -0.39 is 5.60 Å². The minimum absolute atomic E-state index is 0.0829. The number of hydrogen-bond donors (Lipinski definition) is 1. The van der Waals surface area contributed by atoms with Crippen LogP contribution in [0, 0.1) is 17.8 Å². The van der Waals surface area contributed by atoms with Crippen LogP contribution < -0.4 is 4.74 Å². The van der Waals surface area contributed by atoms with Gasteiger partial charge in [0.05, 0.1) is 11.5 Å². The third kappa shape index (κ3) is 2.59. The summed E-state index contributed by atoms with van der Waals surface area (Å²) in [6, 6.07) is 7.19. The maximum absolute atomic E-state index is 12.3. The molecule has 1 aromatic rings. The van der Waals surface area contributed by atoms with Gasteiger partial charge in [-0.1, -0.05) is 18.6 Å². The lowest BCUT2D eigenvalue weighted by Gasteiger charge is -2.21. The first-order valence-electron chi connectivity index (χ1n) is 7.48. The number of carbonyl (C=O) groups excluding carboxylic acids is 1. The minimum atomic E-state index is -0.922.